The number of nitrogens with one attached hydrogen (secondary N) is 1. The molecule has 2 saturated heterocycles. The van der Waals surface area contributed by atoms with Gasteiger partial charge >= 0.3 is 0 Å². The van der Waals surface area contributed by atoms with E-state index in [9.17, 15) is 5.11 Å². The van der Waals surface area contributed by atoms with E-state index in [2.05, 4.69) is 35.7 Å². The number of piperidine rings is 1. The van der Waals surface area contributed by atoms with Crippen LogP contribution in [0.5, 0.6) is 0 Å². The molecule has 0 aromatic heterocycles. The predicted molar refractivity (Wildman–Crippen MR) is 73.8 cm³/mol. The number of ether oxygens (including phenoxy) is 1. The lowest BCUT2D eigenvalue weighted by molar-refractivity contribution is -0.0805. The largest absolute Gasteiger partial charge is 0.385 e. The van der Waals surface area contributed by atoms with Crippen molar-refractivity contribution in [2.24, 2.45) is 0 Å². The summed E-state index contributed by atoms with van der Waals surface area (Å²) in [5, 5.41) is 14.7. The lowest BCUT2D eigenvalue weighted by Crippen LogP contribution is -2.58. The van der Waals surface area contributed by atoms with Crippen molar-refractivity contribution < 1.29 is 9.84 Å². The zero-order valence-electron chi connectivity index (χ0n) is 10.9. The first-order valence-corrected chi connectivity index (χ1v) is 7.10. The van der Waals surface area contributed by atoms with Crippen LogP contribution in [0.15, 0.2) is 24.3 Å². The number of aliphatic hydroxyl groups is 1. The summed E-state index contributed by atoms with van der Waals surface area (Å²) in [6.07, 6.45) is 6.79. The second kappa shape index (κ2) is 4.17. The smallest absolute Gasteiger partial charge is 0.0930 e. The minimum atomic E-state index is -0.693. The lowest BCUT2D eigenvalue weighted by Gasteiger charge is -2.45. The molecule has 3 nitrogen and oxygen atoms in total. The second-order valence-electron chi connectivity index (χ2n) is 6.02. The molecule has 3 aliphatic rings. The highest BCUT2D eigenvalue weighted by Crippen LogP contribution is 2.40. The van der Waals surface area contributed by atoms with Gasteiger partial charge < -0.3 is 15.2 Å². The summed E-state index contributed by atoms with van der Waals surface area (Å²) in [4.78, 5) is 0. The molecule has 1 aromatic carbocycles. The van der Waals surface area contributed by atoms with Crippen LogP contribution in [0.1, 0.15) is 29.5 Å². The maximum Gasteiger partial charge on any atom is 0.0930 e. The van der Waals surface area contributed by atoms with Crippen molar-refractivity contribution in [1.29, 1.82) is 0 Å². The van der Waals surface area contributed by atoms with Gasteiger partial charge in [0.15, 0.2) is 0 Å². The highest BCUT2D eigenvalue weighted by atomic mass is 16.5. The van der Waals surface area contributed by atoms with E-state index in [1.54, 1.807) is 0 Å². The molecule has 4 rings (SSSR count). The molecule has 0 saturated carbocycles. The molecule has 1 aromatic rings. The highest BCUT2D eigenvalue weighted by molar-refractivity contribution is 5.62. The normalized spacial score (nSPS) is 36.3. The zero-order chi connectivity index (χ0) is 12.9. The lowest BCUT2D eigenvalue weighted by atomic mass is 9.76. The Bertz CT molecular complexity index is 526. The number of allylic oxidation sites excluding steroid dienone is 1. The first kappa shape index (κ1) is 11.6. The standard InChI is InChI=1S/C16H19NO2/c18-16(7-12-9-19-10-13(8-16)17-12)15-6-2-4-11-3-1-5-14(11)15/h1-4,6,12-13,17-18H,5,7-10H2. The van der Waals surface area contributed by atoms with Crippen molar-refractivity contribution in [2.75, 3.05) is 13.2 Å². The highest BCUT2D eigenvalue weighted by Gasteiger charge is 2.43. The molecule has 2 bridgehead atoms. The fourth-order valence-electron chi connectivity index (χ4n) is 3.86. The van der Waals surface area contributed by atoms with Crippen molar-refractivity contribution in [3.05, 3.63) is 41.0 Å². The van der Waals surface area contributed by atoms with E-state index in [0.717, 1.165) is 24.8 Å². The molecule has 2 atom stereocenters. The topological polar surface area (TPSA) is 41.5 Å². The third-order valence-electron chi connectivity index (χ3n) is 4.61. The fraction of sp³-hybridized carbons (Fsp3) is 0.500. The van der Waals surface area contributed by atoms with E-state index in [1.807, 2.05) is 0 Å². The third kappa shape index (κ3) is 1.84. The second-order valence-corrected chi connectivity index (χ2v) is 6.02. The molecule has 2 aliphatic heterocycles. The van der Waals surface area contributed by atoms with Gasteiger partial charge in [-0.05, 0) is 36.0 Å². The minimum Gasteiger partial charge on any atom is -0.385 e. The number of hydrogen-bond donors (Lipinski definition) is 2. The van der Waals surface area contributed by atoms with Crippen molar-refractivity contribution in [3.8, 4) is 0 Å². The summed E-state index contributed by atoms with van der Waals surface area (Å²) < 4.78 is 5.57. The van der Waals surface area contributed by atoms with E-state index in [-0.39, 0.29) is 12.1 Å². The first-order chi connectivity index (χ1) is 9.24. The number of benzene rings is 1. The summed E-state index contributed by atoms with van der Waals surface area (Å²) in [6.45, 7) is 1.43. The summed E-state index contributed by atoms with van der Waals surface area (Å²) >= 11 is 0. The van der Waals surface area contributed by atoms with Gasteiger partial charge in [-0.3, -0.25) is 0 Å². The van der Waals surface area contributed by atoms with Crippen molar-refractivity contribution in [3.63, 3.8) is 0 Å². The van der Waals surface area contributed by atoms with Crippen molar-refractivity contribution in [1.82, 2.24) is 5.32 Å². The molecule has 100 valence electrons. The quantitative estimate of drug-likeness (QED) is 0.803. The van der Waals surface area contributed by atoms with Crippen LogP contribution in [-0.2, 0) is 16.8 Å². The van der Waals surface area contributed by atoms with E-state index in [1.165, 1.54) is 11.1 Å². The Labute approximate surface area is 113 Å². The van der Waals surface area contributed by atoms with E-state index in [4.69, 9.17) is 4.74 Å². The average Bonchev–Trinajstić information content (AvgIpc) is 2.85. The van der Waals surface area contributed by atoms with Gasteiger partial charge in [-0.2, -0.15) is 0 Å². The van der Waals surface area contributed by atoms with Crippen molar-refractivity contribution >= 4 is 6.08 Å². The van der Waals surface area contributed by atoms with Gasteiger partial charge in [-0.15, -0.1) is 0 Å². The molecule has 0 spiro atoms. The molecule has 0 radical (unpaired) electrons. The van der Waals surface area contributed by atoms with Gasteiger partial charge in [-0.1, -0.05) is 30.4 Å². The number of fused-ring (bicyclic) bond motifs is 3. The molecular formula is C16H19NO2. The molecule has 3 heteroatoms. The van der Waals surface area contributed by atoms with Crippen LogP contribution in [0, 0.1) is 0 Å². The Hall–Kier alpha value is -1.16. The van der Waals surface area contributed by atoms with E-state index < -0.39 is 5.60 Å². The van der Waals surface area contributed by atoms with Crippen LogP contribution in [0.4, 0.5) is 0 Å². The van der Waals surface area contributed by atoms with Gasteiger partial charge in [0.25, 0.3) is 0 Å². The maximum absolute atomic E-state index is 11.2. The SMILES string of the molecule is OC1(c2cccc3c2CC=C3)CC2COCC(C1)N2. The fourth-order valence-corrected chi connectivity index (χ4v) is 3.86. The zero-order valence-corrected chi connectivity index (χ0v) is 10.9. The molecular weight excluding hydrogens is 238 g/mol. The Morgan fingerprint density at radius 3 is 2.79 bits per heavy atom. The average molecular weight is 257 g/mol. The first-order valence-electron chi connectivity index (χ1n) is 7.10. The number of rotatable bonds is 1. The Kier molecular flexibility index (Phi) is 2.56. The van der Waals surface area contributed by atoms with Crippen LogP contribution in [0.25, 0.3) is 6.08 Å². The monoisotopic (exact) mass is 257 g/mol. The molecule has 0 amide bonds. The van der Waals surface area contributed by atoms with Gasteiger partial charge in [0, 0.05) is 12.1 Å². The van der Waals surface area contributed by atoms with Crippen LogP contribution >= 0.6 is 0 Å². The number of hydrogen-bond acceptors (Lipinski definition) is 3. The van der Waals surface area contributed by atoms with Gasteiger partial charge in [-0.25, -0.2) is 0 Å². The predicted octanol–water partition coefficient (Wildman–Crippen LogP) is 1.59. The Balaban J connectivity index is 1.74. The van der Waals surface area contributed by atoms with Gasteiger partial charge in [0.1, 0.15) is 0 Å². The molecule has 2 N–H and O–H groups in total. The summed E-state index contributed by atoms with van der Waals surface area (Å²) in [7, 11) is 0. The van der Waals surface area contributed by atoms with Crippen molar-refractivity contribution in [2.45, 2.75) is 36.9 Å². The molecule has 2 fully saturated rings. The third-order valence-corrected chi connectivity index (χ3v) is 4.61. The Morgan fingerprint density at radius 1 is 1.21 bits per heavy atom. The van der Waals surface area contributed by atoms with Crippen LogP contribution in [0.2, 0.25) is 0 Å². The van der Waals surface area contributed by atoms with Crippen LogP contribution in [-0.4, -0.2) is 30.4 Å². The van der Waals surface area contributed by atoms with E-state index in [0.29, 0.717) is 13.2 Å². The molecule has 2 unspecified atom stereocenters. The van der Waals surface area contributed by atoms with Crippen LogP contribution < -0.4 is 5.32 Å². The summed E-state index contributed by atoms with van der Waals surface area (Å²) in [5.41, 5.74) is 3.02. The number of morpholine rings is 1. The van der Waals surface area contributed by atoms with Gasteiger partial charge in [0.05, 0.1) is 18.8 Å². The van der Waals surface area contributed by atoms with Crippen LogP contribution in [0.3, 0.4) is 0 Å². The maximum atomic E-state index is 11.2. The minimum absolute atomic E-state index is 0.280. The molecule has 1 aliphatic carbocycles. The molecule has 2 heterocycles. The van der Waals surface area contributed by atoms with E-state index >= 15 is 0 Å². The summed E-state index contributed by atoms with van der Waals surface area (Å²) in [6, 6.07) is 6.87. The van der Waals surface area contributed by atoms with Gasteiger partial charge in [0.2, 0.25) is 0 Å². The molecule has 19 heavy (non-hydrogen) atoms. The summed E-state index contributed by atoms with van der Waals surface area (Å²) in [5.74, 6) is 0. The Morgan fingerprint density at radius 2 is 2.00 bits per heavy atom.